The Kier molecular flexibility index (Phi) is 2.48. The number of hydrogen-bond acceptors (Lipinski definition) is 1. The molecule has 1 aromatic carbocycles. The Labute approximate surface area is 75.2 Å². The summed E-state index contributed by atoms with van der Waals surface area (Å²) < 4.78 is 12.8. The Bertz CT molecular complexity index is 334. The summed E-state index contributed by atoms with van der Waals surface area (Å²) in [7, 11) is 0. The first-order valence-electron chi connectivity index (χ1n) is 3.49. The van der Waals surface area contributed by atoms with E-state index in [1.54, 1.807) is 13.8 Å². The van der Waals surface area contributed by atoms with Gasteiger partial charge in [-0.3, -0.25) is 4.79 Å². The molecule has 0 amide bonds. The standard InChI is InChI=1S/C9H8ClFO/c1-5-3-7(11)4-8(6(5)2)9(10)12/h3-4H,1-2H3. The van der Waals surface area contributed by atoms with Crippen molar-refractivity contribution in [2.24, 2.45) is 0 Å². The number of aryl methyl sites for hydroxylation is 1. The van der Waals surface area contributed by atoms with Crippen LogP contribution in [0.15, 0.2) is 12.1 Å². The molecule has 12 heavy (non-hydrogen) atoms. The van der Waals surface area contributed by atoms with Crippen molar-refractivity contribution in [2.75, 3.05) is 0 Å². The molecule has 3 heteroatoms. The third-order valence-electron chi connectivity index (χ3n) is 1.84. The summed E-state index contributed by atoms with van der Waals surface area (Å²) in [6.07, 6.45) is 0. The van der Waals surface area contributed by atoms with Gasteiger partial charge in [-0.25, -0.2) is 4.39 Å². The van der Waals surface area contributed by atoms with Crippen molar-refractivity contribution in [1.29, 1.82) is 0 Å². The van der Waals surface area contributed by atoms with E-state index in [0.29, 0.717) is 0 Å². The fourth-order valence-electron chi connectivity index (χ4n) is 1.02. The topological polar surface area (TPSA) is 17.1 Å². The third kappa shape index (κ3) is 1.64. The molecule has 0 unspecified atom stereocenters. The Morgan fingerprint density at radius 1 is 1.42 bits per heavy atom. The molecule has 64 valence electrons. The molecule has 0 radical (unpaired) electrons. The van der Waals surface area contributed by atoms with Crippen LogP contribution in [0, 0.1) is 19.7 Å². The number of halogens is 2. The van der Waals surface area contributed by atoms with E-state index < -0.39 is 11.1 Å². The quantitative estimate of drug-likeness (QED) is 0.617. The lowest BCUT2D eigenvalue weighted by Gasteiger charge is -2.03. The van der Waals surface area contributed by atoms with Gasteiger partial charge in [0.05, 0.1) is 0 Å². The van der Waals surface area contributed by atoms with Crippen LogP contribution < -0.4 is 0 Å². The van der Waals surface area contributed by atoms with Gasteiger partial charge in [0.25, 0.3) is 5.24 Å². The number of carbonyl (C=O) groups is 1. The summed E-state index contributed by atoms with van der Waals surface area (Å²) >= 11 is 5.25. The maximum atomic E-state index is 12.8. The summed E-state index contributed by atoms with van der Waals surface area (Å²) in [5, 5.41) is -0.616. The van der Waals surface area contributed by atoms with Crippen molar-refractivity contribution in [3.05, 3.63) is 34.6 Å². The molecular formula is C9H8ClFO. The lowest BCUT2D eigenvalue weighted by atomic mass is 10.0. The molecule has 0 saturated heterocycles. The Hall–Kier alpha value is -0.890. The fourth-order valence-corrected chi connectivity index (χ4v) is 1.22. The fraction of sp³-hybridized carbons (Fsp3) is 0.222. The van der Waals surface area contributed by atoms with Gasteiger partial charge in [0, 0.05) is 5.56 Å². The highest BCUT2D eigenvalue weighted by molar-refractivity contribution is 6.67. The van der Waals surface area contributed by atoms with Crippen molar-refractivity contribution >= 4 is 16.8 Å². The van der Waals surface area contributed by atoms with Gasteiger partial charge in [-0.1, -0.05) is 0 Å². The van der Waals surface area contributed by atoms with Crippen LogP contribution in [0.5, 0.6) is 0 Å². The van der Waals surface area contributed by atoms with Gasteiger partial charge in [-0.05, 0) is 48.7 Å². The maximum Gasteiger partial charge on any atom is 0.252 e. The first kappa shape index (κ1) is 9.20. The number of rotatable bonds is 1. The number of hydrogen-bond donors (Lipinski definition) is 0. The predicted octanol–water partition coefficient (Wildman–Crippen LogP) is 2.82. The molecule has 0 aliphatic carbocycles. The number of benzene rings is 1. The van der Waals surface area contributed by atoms with Crippen LogP contribution >= 0.6 is 11.6 Å². The summed E-state index contributed by atoms with van der Waals surface area (Å²) in [6, 6.07) is 2.52. The van der Waals surface area contributed by atoms with E-state index in [-0.39, 0.29) is 5.56 Å². The monoisotopic (exact) mass is 186 g/mol. The SMILES string of the molecule is Cc1cc(F)cc(C(=O)Cl)c1C. The van der Waals surface area contributed by atoms with Crippen molar-refractivity contribution in [1.82, 2.24) is 0 Å². The average molecular weight is 187 g/mol. The van der Waals surface area contributed by atoms with Gasteiger partial charge in [-0.15, -0.1) is 0 Å². The van der Waals surface area contributed by atoms with E-state index in [4.69, 9.17) is 11.6 Å². The molecule has 0 bridgehead atoms. The molecule has 1 nitrogen and oxygen atoms in total. The van der Waals surface area contributed by atoms with Crippen LogP contribution in [0.4, 0.5) is 4.39 Å². The zero-order chi connectivity index (χ0) is 9.30. The minimum atomic E-state index is -0.616. The van der Waals surface area contributed by atoms with Gasteiger partial charge in [0.2, 0.25) is 0 Å². The molecule has 0 heterocycles. The summed E-state index contributed by atoms with van der Waals surface area (Å²) in [5.41, 5.74) is 1.71. The molecule has 0 N–H and O–H groups in total. The van der Waals surface area contributed by atoms with Gasteiger partial charge >= 0.3 is 0 Å². The van der Waals surface area contributed by atoms with Gasteiger partial charge in [0.15, 0.2) is 0 Å². The molecule has 1 aromatic rings. The smallest absolute Gasteiger partial charge is 0.252 e. The van der Waals surface area contributed by atoms with Crippen LogP contribution in [0.3, 0.4) is 0 Å². The Balaban J connectivity index is 3.37. The van der Waals surface area contributed by atoms with Crippen LogP contribution in [-0.4, -0.2) is 5.24 Å². The van der Waals surface area contributed by atoms with Crippen LogP contribution in [0.1, 0.15) is 21.5 Å². The molecule has 0 aromatic heterocycles. The van der Waals surface area contributed by atoms with Crippen molar-refractivity contribution < 1.29 is 9.18 Å². The van der Waals surface area contributed by atoms with Gasteiger partial charge < -0.3 is 0 Å². The molecule has 1 rings (SSSR count). The molecule has 0 atom stereocenters. The highest BCUT2D eigenvalue weighted by Crippen LogP contribution is 2.16. The van der Waals surface area contributed by atoms with Crippen molar-refractivity contribution in [3.63, 3.8) is 0 Å². The highest BCUT2D eigenvalue weighted by atomic mass is 35.5. The van der Waals surface area contributed by atoms with Crippen molar-refractivity contribution in [2.45, 2.75) is 13.8 Å². The van der Waals surface area contributed by atoms with Gasteiger partial charge in [0.1, 0.15) is 5.82 Å². The predicted molar refractivity (Wildman–Crippen MR) is 46.1 cm³/mol. The second-order valence-electron chi connectivity index (χ2n) is 2.67. The summed E-state index contributed by atoms with van der Waals surface area (Å²) in [4.78, 5) is 10.8. The normalized spacial score (nSPS) is 10.0. The van der Waals surface area contributed by atoms with E-state index in [1.165, 1.54) is 6.07 Å². The summed E-state index contributed by atoms with van der Waals surface area (Å²) in [5.74, 6) is -0.429. The minimum Gasteiger partial charge on any atom is -0.276 e. The average Bonchev–Trinajstić information content (AvgIpc) is 1.96. The third-order valence-corrected chi connectivity index (χ3v) is 2.05. The Morgan fingerprint density at radius 2 is 2.00 bits per heavy atom. The van der Waals surface area contributed by atoms with Crippen molar-refractivity contribution in [3.8, 4) is 0 Å². The first-order valence-corrected chi connectivity index (χ1v) is 3.86. The van der Waals surface area contributed by atoms with Crippen LogP contribution in [-0.2, 0) is 0 Å². The number of carbonyl (C=O) groups excluding carboxylic acids is 1. The summed E-state index contributed by atoms with van der Waals surface area (Å²) in [6.45, 7) is 3.48. The van der Waals surface area contributed by atoms with E-state index in [2.05, 4.69) is 0 Å². The molecular weight excluding hydrogens is 179 g/mol. The first-order chi connectivity index (χ1) is 5.52. The largest absolute Gasteiger partial charge is 0.276 e. The molecule has 0 aliphatic heterocycles. The van der Waals surface area contributed by atoms with Crippen LogP contribution in [0.25, 0.3) is 0 Å². The Morgan fingerprint density at radius 3 is 2.50 bits per heavy atom. The van der Waals surface area contributed by atoms with Gasteiger partial charge in [-0.2, -0.15) is 0 Å². The molecule has 0 spiro atoms. The maximum absolute atomic E-state index is 12.8. The van der Waals surface area contributed by atoms with E-state index in [1.807, 2.05) is 0 Å². The second kappa shape index (κ2) is 3.23. The lowest BCUT2D eigenvalue weighted by Crippen LogP contribution is -1.97. The van der Waals surface area contributed by atoms with E-state index >= 15 is 0 Å². The van der Waals surface area contributed by atoms with E-state index in [0.717, 1.165) is 17.2 Å². The van der Waals surface area contributed by atoms with E-state index in [9.17, 15) is 9.18 Å². The highest BCUT2D eigenvalue weighted by Gasteiger charge is 2.09. The molecule has 0 fully saturated rings. The lowest BCUT2D eigenvalue weighted by molar-refractivity contribution is 0.108. The zero-order valence-electron chi connectivity index (χ0n) is 6.82. The minimum absolute atomic E-state index is 0.245. The van der Waals surface area contributed by atoms with Crippen LogP contribution in [0.2, 0.25) is 0 Å². The second-order valence-corrected chi connectivity index (χ2v) is 3.01. The zero-order valence-corrected chi connectivity index (χ0v) is 7.57. The molecule has 0 aliphatic rings. The molecule has 0 saturated carbocycles.